The lowest BCUT2D eigenvalue weighted by Gasteiger charge is -2.47. The van der Waals surface area contributed by atoms with Crippen molar-refractivity contribution in [3.63, 3.8) is 0 Å². The molecule has 0 radical (unpaired) electrons. The van der Waals surface area contributed by atoms with Gasteiger partial charge in [0.05, 0.1) is 19.3 Å². The molecule has 0 spiro atoms. The average Bonchev–Trinajstić information content (AvgIpc) is 3.41. The Labute approximate surface area is 286 Å². The molecule has 12 atom stereocenters. The number of nitrogens with one attached hydrogen (secondary N) is 2. The average molecular weight is 707 g/mol. The largest absolute Gasteiger partial charge is 0.480 e. The van der Waals surface area contributed by atoms with E-state index in [-0.39, 0.29) is 12.5 Å². The number of rotatable bonds is 12. The van der Waals surface area contributed by atoms with Crippen molar-refractivity contribution in [2.75, 3.05) is 19.8 Å². The number of carboxylic acid groups (broad SMARTS) is 1. The maximum absolute atomic E-state index is 13.0. The molecule has 0 saturated carbocycles. The number of aliphatic hydroxyl groups is 6. The summed E-state index contributed by atoms with van der Waals surface area (Å²) < 4.78 is 28.2. The standard InChI is InChI=1S/C33H42N2O15/c1-14(23(30(43)44)35-33(45)46-13-20-18-9-5-3-7-16(18)17-8-4-6-10-19(17)20)47-31-24(34-15(2)38)29(26(40)22(12-37)48-31)50-32-28(42)27(41)25(39)21(11-36)49-32/h3-10,14,20-29,31-32,36-37,39-42H,11-13H2,1-2H3,(H,34,38)(H,35,45)(H,43,44)/t14-,21-,22-,23+,24-,25+,26+,27+,28-,29-,31+,32+/m1/s1. The van der Waals surface area contributed by atoms with Gasteiger partial charge in [0.25, 0.3) is 0 Å². The quantitative estimate of drug-likeness (QED) is 0.117. The van der Waals surface area contributed by atoms with Gasteiger partial charge in [-0.25, -0.2) is 9.59 Å². The molecule has 0 unspecified atom stereocenters. The number of hydrogen-bond donors (Lipinski definition) is 9. The number of carbonyl (C=O) groups excluding carboxylic acids is 2. The van der Waals surface area contributed by atoms with Crippen molar-refractivity contribution in [2.45, 2.75) is 93.3 Å². The first-order chi connectivity index (χ1) is 23.9. The first-order valence-corrected chi connectivity index (χ1v) is 16.0. The number of aliphatic hydroxyl groups excluding tert-OH is 6. The number of carboxylic acids is 1. The first kappa shape index (κ1) is 37.5. The van der Waals surface area contributed by atoms with Crippen LogP contribution >= 0.6 is 0 Å². The fourth-order valence-corrected chi connectivity index (χ4v) is 6.51. The third-order valence-electron chi connectivity index (χ3n) is 9.06. The van der Waals surface area contributed by atoms with Gasteiger partial charge in [-0.05, 0) is 29.2 Å². The molecule has 0 aromatic heterocycles. The van der Waals surface area contributed by atoms with E-state index in [1.807, 2.05) is 48.5 Å². The summed E-state index contributed by atoms with van der Waals surface area (Å²) in [5.41, 5.74) is 3.91. The molecule has 2 aliphatic heterocycles. The van der Waals surface area contributed by atoms with Gasteiger partial charge < -0.3 is 70.1 Å². The zero-order valence-electron chi connectivity index (χ0n) is 27.1. The highest BCUT2D eigenvalue weighted by Gasteiger charge is 2.52. The van der Waals surface area contributed by atoms with E-state index in [9.17, 15) is 50.1 Å². The van der Waals surface area contributed by atoms with Gasteiger partial charge in [0, 0.05) is 12.8 Å². The maximum atomic E-state index is 13.0. The molecule has 2 saturated heterocycles. The molecule has 1 aliphatic carbocycles. The Morgan fingerprint density at radius 3 is 1.94 bits per heavy atom. The Hall–Kier alpha value is -3.75. The van der Waals surface area contributed by atoms with Gasteiger partial charge >= 0.3 is 12.1 Å². The predicted molar refractivity (Wildman–Crippen MR) is 168 cm³/mol. The molecule has 2 fully saturated rings. The van der Waals surface area contributed by atoms with E-state index >= 15 is 0 Å². The van der Waals surface area contributed by atoms with Crippen LogP contribution in [0.3, 0.4) is 0 Å². The highest BCUT2D eigenvalue weighted by atomic mass is 16.7. The van der Waals surface area contributed by atoms with Crippen LogP contribution in [0.2, 0.25) is 0 Å². The molecule has 2 aromatic carbocycles. The molecular formula is C33H42N2O15. The number of hydrogen-bond acceptors (Lipinski definition) is 14. The Morgan fingerprint density at radius 1 is 0.820 bits per heavy atom. The Kier molecular flexibility index (Phi) is 12.1. The van der Waals surface area contributed by atoms with Crippen LogP contribution in [0.5, 0.6) is 0 Å². The van der Waals surface area contributed by atoms with Gasteiger partial charge in [-0.3, -0.25) is 4.79 Å². The molecule has 17 heteroatoms. The van der Waals surface area contributed by atoms with E-state index in [1.54, 1.807) is 0 Å². The molecule has 5 rings (SSSR count). The minimum Gasteiger partial charge on any atom is -0.480 e. The summed E-state index contributed by atoms with van der Waals surface area (Å²) in [6.07, 6.45) is -17.4. The Bertz CT molecular complexity index is 1460. The van der Waals surface area contributed by atoms with Crippen molar-refractivity contribution in [1.82, 2.24) is 10.6 Å². The smallest absolute Gasteiger partial charge is 0.407 e. The molecule has 17 nitrogen and oxygen atoms in total. The second-order valence-corrected chi connectivity index (χ2v) is 12.4. The number of alkyl carbamates (subject to hydrolysis) is 1. The molecule has 2 heterocycles. The van der Waals surface area contributed by atoms with Crippen molar-refractivity contribution in [1.29, 1.82) is 0 Å². The van der Waals surface area contributed by atoms with E-state index in [0.717, 1.165) is 29.2 Å². The fourth-order valence-electron chi connectivity index (χ4n) is 6.51. The highest BCUT2D eigenvalue weighted by Crippen LogP contribution is 2.44. The molecular weight excluding hydrogens is 664 g/mol. The number of fused-ring (bicyclic) bond motifs is 3. The first-order valence-electron chi connectivity index (χ1n) is 16.0. The fraction of sp³-hybridized carbons (Fsp3) is 0.545. The zero-order valence-corrected chi connectivity index (χ0v) is 27.1. The molecule has 50 heavy (non-hydrogen) atoms. The van der Waals surface area contributed by atoms with E-state index in [4.69, 9.17) is 23.7 Å². The molecule has 9 N–H and O–H groups in total. The summed E-state index contributed by atoms with van der Waals surface area (Å²) in [5, 5.41) is 76.2. The van der Waals surface area contributed by atoms with Crippen molar-refractivity contribution in [3.8, 4) is 11.1 Å². The molecule has 3 aliphatic rings. The highest BCUT2D eigenvalue weighted by molar-refractivity contribution is 5.81. The molecule has 2 aromatic rings. The Balaban J connectivity index is 1.29. The van der Waals surface area contributed by atoms with Crippen LogP contribution in [0.4, 0.5) is 4.79 Å². The van der Waals surface area contributed by atoms with Crippen molar-refractivity contribution >= 4 is 18.0 Å². The van der Waals surface area contributed by atoms with Crippen LogP contribution in [0.1, 0.15) is 30.9 Å². The zero-order chi connectivity index (χ0) is 36.3. The number of carbonyl (C=O) groups is 3. The van der Waals surface area contributed by atoms with Gasteiger partial charge in [0.1, 0.15) is 55.4 Å². The summed E-state index contributed by atoms with van der Waals surface area (Å²) in [6.45, 7) is 0.742. The van der Waals surface area contributed by atoms with Gasteiger partial charge in [-0.2, -0.15) is 0 Å². The van der Waals surface area contributed by atoms with Crippen LogP contribution < -0.4 is 10.6 Å². The van der Waals surface area contributed by atoms with E-state index in [1.165, 1.54) is 6.92 Å². The maximum Gasteiger partial charge on any atom is 0.407 e. The van der Waals surface area contributed by atoms with E-state index < -0.39 is 105 Å². The van der Waals surface area contributed by atoms with Gasteiger partial charge in [-0.15, -0.1) is 0 Å². The summed E-state index contributed by atoms with van der Waals surface area (Å²) in [5.74, 6) is -2.48. The van der Waals surface area contributed by atoms with Crippen LogP contribution in [-0.2, 0) is 33.3 Å². The number of amides is 2. The summed E-state index contributed by atoms with van der Waals surface area (Å²) in [4.78, 5) is 37.6. The second kappa shape index (κ2) is 16.1. The normalized spacial score (nSPS) is 31.9. The SMILES string of the molecule is CC(=O)N[C@H]1[C@@H](O[C@H](C)[C@H](NC(=O)OCC2c3ccccc3-c3ccccc32)C(=O)O)O[C@H](CO)[C@H](O)[C@@H]1O[C@@H]1O[C@H](CO)[C@H](O)[C@H](O)[C@H]1O. The topological polar surface area (TPSA) is 263 Å². The third-order valence-corrected chi connectivity index (χ3v) is 9.06. The predicted octanol–water partition coefficient (Wildman–Crippen LogP) is -1.85. The number of benzene rings is 2. The number of aliphatic carboxylic acids is 1. The minimum atomic E-state index is -1.88. The van der Waals surface area contributed by atoms with Gasteiger partial charge in [-0.1, -0.05) is 48.5 Å². The summed E-state index contributed by atoms with van der Waals surface area (Å²) >= 11 is 0. The van der Waals surface area contributed by atoms with Crippen LogP contribution in [0.25, 0.3) is 11.1 Å². The van der Waals surface area contributed by atoms with Crippen molar-refractivity contribution in [3.05, 3.63) is 59.7 Å². The minimum absolute atomic E-state index is 0.0924. The van der Waals surface area contributed by atoms with Crippen molar-refractivity contribution in [2.24, 2.45) is 0 Å². The lowest BCUT2D eigenvalue weighted by Crippen LogP contribution is -2.68. The monoisotopic (exact) mass is 706 g/mol. The van der Waals surface area contributed by atoms with Gasteiger partial charge in [0.15, 0.2) is 18.6 Å². The van der Waals surface area contributed by atoms with Crippen LogP contribution in [0, 0.1) is 0 Å². The van der Waals surface area contributed by atoms with E-state index in [0.29, 0.717) is 0 Å². The van der Waals surface area contributed by atoms with Crippen molar-refractivity contribution < 1.29 is 73.8 Å². The van der Waals surface area contributed by atoms with Gasteiger partial charge in [0.2, 0.25) is 5.91 Å². The molecule has 2 amide bonds. The van der Waals surface area contributed by atoms with E-state index in [2.05, 4.69) is 10.6 Å². The summed E-state index contributed by atoms with van der Waals surface area (Å²) in [7, 11) is 0. The second-order valence-electron chi connectivity index (χ2n) is 12.4. The van der Waals surface area contributed by atoms with Crippen LogP contribution in [0.15, 0.2) is 48.5 Å². The lowest BCUT2D eigenvalue weighted by atomic mass is 9.95. The molecule has 274 valence electrons. The Morgan fingerprint density at radius 2 is 1.38 bits per heavy atom. The van der Waals surface area contributed by atoms with Crippen LogP contribution in [-0.4, -0.2) is 147 Å². The molecule has 0 bridgehead atoms. The lowest BCUT2D eigenvalue weighted by molar-refractivity contribution is -0.347. The number of ether oxygens (including phenoxy) is 5. The third kappa shape index (κ3) is 7.76. The summed E-state index contributed by atoms with van der Waals surface area (Å²) in [6, 6.07) is 12.2.